The average molecular weight is 434 g/mol. The number of hydrogen-bond donors (Lipinski definition) is 3. The molecule has 4 N–H and O–H groups in total. The molecular formula is C20H26N4O7. The average Bonchev–Trinajstić information content (AvgIpc) is 3.03. The van der Waals surface area contributed by atoms with Crippen molar-refractivity contribution in [1.29, 1.82) is 0 Å². The number of nitrogens with two attached hydrogens (primary N) is 1. The second kappa shape index (κ2) is 8.42. The van der Waals surface area contributed by atoms with E-state index in [4.69, 9.17) is 15.2 Å². The summed E-state index contributed by atoms with van der Waals surface area (Å²) in [4.78, 5) is 35.8. The molecule has 0 bridgehead atoms. The summed E-state index contributed by atoms with van der Waals surface area (Å²) in [5.41, 5.74) is 5.28. The van der Waals surface area contributed by atoms with Gasteiger partial charge in [-0.2, -0.15) is 5.10 Å². The van der Waals surface area contributed by atoms with Crippen molar-refractivity contribution < 1.29 is 34.1 Å². The number of benzene rings is 1. The Kier molecular flexibility index (Phi) is 6.07. The summed E-state index contributed by atoms with van der Waals surface area (Å²) >= 11 is 0. The molecule has 11 nitrogen and oxygen atoms in total. The Morgan fingerprint density at radius 1 is 1.32 bits per heavy atom. The quantitative estimate of drug-likeness (QED) is 0.534. The van der Waals surface area contributed by atoms with E-state index < -0.39 is 41.6 Å². The maximum Gasteiger partial charge on any atom is 0.407 e. The molecule has 0 radical (unpaired) electrons. The predicted octanol–water partition coefficient (Wildman–Crippen LogP) is 0.581. The number of aromatic nitrogens is 2. The molecule has 2 amide bonds. The summed E-state index contributed by atoms with van der Waals surface area (Å²) in [5.74, 6) is -1.45. The van der Waals surface area contributed by atoms with Crippen LogP contribution < -0.4 is 10.5 Å². The zero-order chi connectivity index (χ0) is 22.9. The Morgan fingerprint density at radius 2 is 2.03 bits per heavy atom. The summed E-state index contributed by atoms with van der Waals surface area (Å²) in [6.45, 7) is 5.10. The van der Waals surface area contributed by atoms with Gasteiger partial charge in [-0.25, -0.2) is 9.59 Å². The molecule has 31 heavy (non-hydrogen) atoms. The number of ether oxygens (including phenoxy) is 2. The van der Waals surface area contributed by atoms with Crippen molar-refractivity contribution in [3.05, 3.63) is 24.4 Å². The summed E-state index contributed by atoms with van der Waals surface area (Å²) < 4.78 is 12.2. The molecule has 1 fully saturated rings. The molecule has 2 aromatic rings. The van der Waals surface area contributed by atoms with Crippen molar-refractivity contribution in [3.8, 4) is 5.75 Å². The minimum atomic E-state index is -1.43. The molecule has 1 aliphatic rings. The lowest BCUT2D eigenvalue weighted by molar-refractivity contribution is -0.166. The molecule has 1 aliphatic heterocycles. The molecule has 0 spiro atoms. The zero-order valence-electron chi connectivity index (χ0n) is 17.5. The van der Waals surface area contributed by atoms with Crippen LogP contribution in [-0.2, 0) is 20.9 Å². The Labute approximate surface area is 178 Å². The van der Waals surface area contributed by atoms with Gasteiger partial charge in [0.25, 0.3) is 0 Å². The first-order chi connectivity index (χ1) is 14.4. The lowest BCUT2D eigenvalue weighted by atomic mass is 9.88. The second-order valence-corrected chi connectivity index (χ2v) is 8.44. The van der Waals surface area contributed by atoms with Crippen LogP contribution in [0.4, 0.5) is 4.79 Å². The maximum atomic E-state index is 11.8. The van der Waals surface area contributed by atoms with Gasteiger partial charge >= 0.3 is 12.1 Å². The van der Waals surface area contributed by atoms with Crippen LogP contribution in [0.15, 0.2) is 24.4 Å². The third kappa shape index (κ3) is 5.23. The predicted molar refractivity (Wildman–Crippen MR) is 108 cm³/mol. The number of fused-ring (bicyclic) bond motifs is 1. The molecule has 1 saturated heterocycles. The van der Waals surface area contributed by atoms with Crippen LogP contribution in [0.2, 0.25) is 0 Å². The monoisotopic (exact) mass is 434 g/mol. The molecule has 3 unspecified atom stereocenters. The molecular weight excluding hydrogens is 408 g/mol. The normalized spacial score (nSPS) is 19.5. The maximum absolute atomic E-state index is 11.8. The van der Waals surface area contributed by atoms with E-state index in [0.29, 0.717) is 16.7 Å². The molecule has 0 aliphatic carbocycles. The molecule has 11 heteroatoms. The van der Waals surface area contributed by atoms with E-state index >= 15 is 0 Å². The molecule has 3 rings (SSSR count). The smallest absolute Gasteiger partial charge is 0.407 e. The zero-order valence-corrected chi connectivity index (χ0v) is 17.5. The number of amides is 2. The van der Waals surface area contributed by atoms with Crippen LogP contribution in [0.3, 0.4) is 0 Å². The Balaban J connectivity index is 1.65. The van der Waals surface area contributed by atoms with E-state index in [0.717, 1.165) is 4.90 Å². The van der Waals surface area contributed by atoms with E-state index in [1.807, 2.05) is 0 Å². The van der Waals surface area contributed by atoms with Crippen LogP contribution >= 0.6 is 0 Å². The summed E-state index contributed by atoms with van der Waals surface area (Å²) in [5, 5.41) is 24.3. The van der Waals surface area contributed by atoms with Crippen molar-refractivity contribution in [2.24, 2.45) is 11.7 Å². The van der Waals surface area contributed by atoms with Gasteiger partial charge in [-0.3, -0.25) is 9.48 Å². The fourth-order valence-corrected chi connectivity index (χ4v) is 3.32. The van der Waals surface area contributed by atoms with Crippen LogP contribution in [0.5, 0.6) is 5.75 Å². The fraction of sp³-hybridized carbons (Fsp3) is 0.500. The van der Waals surface area contributed by atoms with Crippen LogP contribution in [0.1, 0.15) is 20.8 Å². The van der Waals surface area contributed by atoms with E-state index in [1.165, 1.54) is 0 Å². The first-order valence-electron chi connectivity index (χ1n) is 9.74. The number of carbonyl (C=O) groups excluding carboxylic acids is 2. The number of rotatable bonds is 7. The minimum Gasteiger partial charge on any atom is -0.490 e. The molecule has 168 valence electrons. The third-order valence-electron chi connectivity index (χ3n) is 4.85. The largest absolute Gasteiger partial charge is 0.490 e. The first-order valence-corrected chi connectivity index (χ1v) is 9.74. The van der Waals surface area contributed by atoms with E-state index in [-0.39, 0.29) is 19.7 Å². The number of esters is 1. The Morgan fingerprint density at radius 3 is 2.65 bits per heavy atom. The number of carboxylic acid groups (broad SMARTS) is 1. The van der Waals surface area contributed by atoms with Gasteiger partial charge < -0.3 is 30.3 Å². The molecule has 0 saturated carbocycles. The van der Waals surface area contributed by atoms with Gasteiger partial charge in [-0.05, 0) is 39.0 Å². The highest BCUT2D eigenvalue weighted by Crippen LogP contribution is 2.27. The summed E-state index contributed by atoms with van der Waals surface area (Å²) in [6, 6.07) is 4.44. The number of primary amides is 1. The van der Waals surface area contributed by atoms with Crippen molar-refractivity contribution in [2.75, 3.05) is 13.2 Å². The third-order valence-corrected chi connectivity index (χ3v) is 4.85. The highest BCUT2D eigenvalue weighted by atomic mass is 16.6. The molecule has 1 aromatic carbocycles. The topological polar surface area (TPSA) is 157 Å². The molecule has 3 atom stereocenters. The van der Waals surface area contributed by atoms with E-state index in [2.05, 4.69) is 5.10 Å². The van der Waals surface area contributed by atoms with E-state index in [1.54, 1.807) is 49.8 Å². The number of likely N-dealkylation sites (tertiary alicyclic amines) is 1. The van der Waals surface area contributed by atoms with Gasteiger partial charge in [-0.1, -0.05) is 0 Å². The van der Waals surface area contributed by atoms with Crippen molar-refractivity contribution >= 4 is 28.9 Å². The number of aliphatic hydroxyl groups excluding tert-OH is 1. The Hall–Kier alpha value is -3.34. The SMILES string of the molecule is CC(C)(C)OC(=O)C(O)COc1ccc2nn(CC3C(C(N)=O)CN3C(=O)O)cc2c1. The standard InChI is InChI=1S/C20H26N4O7/c1-20(2,3)31-18(27)16(25)10-30-12-4-5-14-11(6-12)7-23(22-14)9-15-13(17(21)26)8-24(15)19(28)29/h4-7,13,15-16,25H,8-10H2,1-3H3,(H2,21,26)(H,28,29). The number of aliphatic hydroxyl groups is 1. The van der Waals surface area contributed by atoms with Crippen molar-refractivity contribution in [2.45, 2.75) is 45.1 Å². The van der Waals surface area contributed by atoms with Crippen LogP contribution in [-0.4, -0.2) is 73.8 Å². The minimum absolute atomic E-state index is 0.0775. The van der Waals surface area contributed by atoms with Gasteiger partial charge in [0.15, 0.2) is 6.10 Å². The van der Waals surface area contributed by atoms with Crippen LogP contribution in [0, 0.1) is 5.92 Å². The van der Waals surface area contributed by atoms with Crippen molar-refractivity contribution in [3.63, 3.8) is 0 Å². The van der Waals surface area contributed by atoms with Crippen LogP contribution in [0.25, 0.3) is 10.9 Å². The highest BCUT2D eigenvalue weighted by Gasteiger charge is 2.45. The van der Waals surface area contributed by atoms with E-state index in [9.17, 15) is 24.6 Å². The summed E-state index contributed by atoms with van der Waals surface area (Å²) in [6.07, 6.45) is -0.842. The van der Waals surface area contributed by atoms with Gasteiger partial charge in [-0.15, -0.1) is 0 Å². The number of nitrogens with zero attached hydrogens (tertiary/aromatic N) is 3. The lowest BCUT2D eigenvalue weighted by Crippen LogP contribution is -2.63. The number of hydrogen-bond acceptors (Lipinski definition) is 7. The summed E-state index contributed by atoms with van der Waals surface area (Å²) in [7, 11) is 0. The first kappa shape index (κ1) is 22.3. The Bertz CT molecular complexity index is 977. The molecule has 1 aromatic heterocycles. The van der Waals surface area contributed by atoms with Gasteiger partial charge in [0.2, 0.25) is 5.91 Å². The van der Waals surface area contributed by atoms with Gasteiger partial charge in [0.05, 0.1) is 24.0 Å². The fourth-order valence-electron chi connectivity index (χ4n) is 3.32. The highest BCUT2D eigenvalue weighted by molar-refractivity contribution is 5.82. The van der Waals surface area contributed by atoms with Gasteiger partial charge in [0, 0.05) is 18.1 Å². The lowest BCUT2D eigenvalue weighted by Gasteiger charge is -2.44. The molecule has 2 heterocycles. The second-order valence-electron chi connectivity index (χ2n) is 8.44. The van der Waals surface area contributed by atoms with Crippen molar-refractivity contribution in [1.82, 2.24) is 14.7 Å². The van der Waals surface area contributed by atoms with Gasteiger partial charge in [0.1, 0.15) is 18.0 Å². The number of carbonyl (C=O) groups is 3.